The first-order valence-electron chi connectivity index (χ1n) is 8.09. The molecule has 1 amide bonds. The summed E-state index contributed by atoms with van der Waals surface area (Å²) in [4.78, 5) is 12.2. The van der Waals surface area contributed by atoms with E-state index in [0.717, 1.165) is 25.1 Å². The minimum atomic E-state index is 0.148. The van der Waals surface area contributed by atoms with Crippen LogP contribution < -0.4 is 5.32 Å². The van der Waals surface area contributed by atoms with E-state index in [1.807, 2.05) is 10.9 Å². The molecule has 1 N–H and O–H groups in total. The minimum absolute atomic E-state index is 0.148. The zero-order valence-electron chi connectivity index (χ0n) is 13.1. The Morgan fingerprint density at radius 3 is 2.91 bits per heavy atom. The number of hydrogen-bond acceptors (Lipinski definition) is 2. The molecule has 0 aliphatic heterocycles. The quantitative estimate of drug-likeness (QED) is 0.934. The van der Waals surface area contributed by atoms with Gasteiger partial charge in [-0.05, 0) is 25.3 Å². The first-order chi connectivity index (χ1) is 10.7. The highest BCUT2D eigenvalue weighted by Crippen LogP contribution is 2.24. The zero-order valence-corrected chi connectivity index (χ0v) is 13.1. The van der Waals surface area contributed by atoms with Crippen LogP contribution in [0.5, 0.6) is 0 Å². The fraction of sp³-hybridized carbons (Fsp3) is 0.444. The number of nitrogens with zero attached hydrogens (tertiary/aromatic N) is 2. The van der Waals surface area contributed by atoms with Gasteiger partial charge in [-0.25, -0.2) is 0 Å². The second-order valence-electron chi connectivity index (χ2n) is 6.24. The van der Waals surface area contributed by atoms with Gasteiger partial charge in [-0.1, -0.05) is 49.1 Å². The molecule has 0 bridgehead atoms. The highest BCUT2D eigenvalue weighted by atomic mass is 16.1. The van der Waals surface area contributed by atoms with Gasteiger partial charge < -0.3 is 5.32 Å². The molecular formula is C18H23N3O. The van der Waals surface area contributed by atoms with Crippen LogP contribution in [0.15, 0.2) is 36.7 Å². The first-order valence-corrected chi connectivity index (χ1v) is 8.09. The minimum Gasteiger partial charge on any atom is -0.323 e. The Hall–Kier alpha value is -2.10. The maximum Gasteiger partial charge on any atom is 0.227 e. The second kappa shape index (κ2) is 6.77. The van der Waals surface area contributed by atoms with E-state index < -0.39 is 0 Å². The zero-order chi connectivity index (χ0) is 15.4. The predicted octanol–water partition coefficient (Wildman–Crippen LogP) is 3.76. The van der Waals surface area contributed by atoms with E-state index in [1.54, 1.807) is 6.20 Å². The number of aryl methyl sites for hydroxylation is 1. The van der Waals surface area contributed by atoms with E-state index in [2.05, 4.69) is 41.6 Å². The SMILES string of the molecule is Cc1cccc(Cn2cc(NC(=O)C3CCCCC3)cn2)c1. The Balaban J connectivity index is 1.60. The monoisotopic (exact) mass is 297 g/mol. The lowest BCUT2D eigenvalue weighted by molar-refractivity contribution is -0.120. The van der Waals surface area contributed by atoms with Gasteiger partial charge in [0.15, 0.2) is 0 Å². The smallest absolute Gasteiger partial charge is 0.227 e. The number of rotatable bonds is 4. The molecule has 22 heavy (non-hydrogen) atoms. The highest BCUT2D eigenvalue weighted by molar-refractivity contribution is 5.92. The number of benzene rings is 1. The highest BCUT2D eigenvalue weighted by Gasteiger charge is 2.21. The summed E-state index contributed by atoms with van der Waals surface area (Å²) >= 11 is 0. The van der Waals surface area contributed by atoms with Crippen LogP contribution in [0.1, 0.15) is 43.2 Å². The van der Waals surface area contributed by atoms with Crippen molar-refractivity contribution in [1.29, 1.82) is 0 Å². The molecular weight excluding hydrogens is 274 g/mol. The number of nitrogens with one attached hydrogen (secondary N) is 1. The van der Waals surface area contributed by atoms with E-state index >= 15 is 0 Å². The number of hydrogen-bond donors (Lipinski definition) is 1. The summed E-state index contributed by atoms with van der Waals surface area (Å²) in [6.45, 7) is 2.81. The van der Waals surface area contributed by atoms with Crippen LogP contribution in [0.2, 0.25) is 0 Å². The molecule has 1 aliphatic carbocycles. The van der Waals surface area contributed by atoms with Crippen molar-refractivity contribution in [2.24, 2.45) is 5.92 Å². The standard InChI is InChI=1S/C18H23N3O/c1-14-6-5-7-15(10-14)12-21-13-17(11-19-21)20-18(22)16-8-3-2-4-9-16/h5-7,10-11,13,16H,2-4,8-9,12H2,1H3,(H,20,22). The fourth-order valence-electron chi connectivity index (χ4n) is 3.12. The molecule has 0 spiro atoms. The van der Waals surface area contributed by atoms with Crippen molar-refractivity contribution in [3.05, 3.63) is 47.8 Å². The lowest BCUT2D eigenvalue weighted by Crippen LogP contribution is -2.24. The van der Waals surface area contributed by atoms with Crippen LogP contribution in [-0.4, -0.2) is 15.7 Å². The van der Waals surface area contributed by atoms with Crippen molar-refractivity contribution in [2.75, 3.05) is 5.32 Å². The van der Waals surface area contributed by atoms with Crippen molar-refractivity contribution < 1.29 is 4.79 Å². The summed E-state index contributed by atoms with van der Waals surface area (Å²) in [6.07, 6.45) is 9.28. The van der Waals surface area contributed by atoms with Crippen molar-refractivity contribution in [3.8, 4) is 0 Å². The van der Waals surface area contributed by atoms with Crippen LogP contribution in [-0.2, 0) is 11.3 Å². The third kappa shape index (κ3) is 3.75. The Kier molecular flexibility index (Phi) is 4.56. The molecule has 0 atom stereocenters. The molecule has 1 heterocycles. The number of anilines is 1. The molecule has 1 aromatic heterocycles. The largest absolute Gasteiger partial charge is 0.323 e. The van der Waals surface area contributed by atoms with Crippen LogP contribution >= 0.6 is 0 Å². The molecule has 4 nitrogen and oxygen atoms in total. The number of aromatic nitrogens is 2. The summed E-state index contributed by atoms with van der Waals surface area (Å²) in [7, 11) is 0. The topological polar surface area (TPSA) is 46.9 Å². The molecule has 2 aromatic rings. The molecule has 1 aliphatic rings. The molecule has 116 valence electrons. The van der Waals surface area contributed by atoms with E-state index in [4.69, 9.17) is 0 Å². The van der Waals surface area contributed by atoms with Gasteiger partial charge >= 0.3 is 0 Å². The Morgan fingerprint density at radius 2 is 2.14 bits per heavy atom. The summed E-state index contributed by atoms with van der Waals surface area (Å²) in [5.74, 6) is 0.323. The normalized spacial score (nSPS) is 15.7. The maximum atomic E-state index is 12.2. The molecule has 0 saturated heterocycles. The van der Waals surface area contributed by atoms with Crippen LogP contribution in [0.4, 0.5) is 5.69 Å². The average molecular weight is 297 g/mol. The Morgan fingerprint density at radius 1 is 1.32 bits per heavy atom. The third-order valence-corrected chi connectivity index (χ3v) is 4.30. The Bertz CT molecular complexity index is 641. The van der Waals surface area contributed by atoms with Gasteiger partial charge in [0.05, 0.1) is 18.4 Å². The van der Waals surface area contributed by atoms with Crippen molar-refractivity contribution in [1.82, 2.24) is 9.78 Å². The number of carbonyl (C=O) groups excluding carboxylic acids is 1. The van der Waals surface area contributed by atoms with Gasteiger partial charge in [0.25, 0.3) is 0 Å². The molecule has 1 saturated carbocycles. The molecule has 4 heteroatoms. The van der Waals surface area contributed by atoms with Crippen molar-refractivity contribution >= 4 is 11.6 Å². The van der Waals surface area contributed by atoms with Crippen LogP contribution in [0, 0.1) is 12.8 Å². The van der Waals surface area contributed by atoms with Gasteiger partial charge in [0.2, 0.25) is 5.91 Å². The number of carbonyl (C=O) groups is 1. The molecule has 1 fully saturated rings. The molecule has 1 aromatic carbocycles. The van der Waals surface area contributed by atoms with E-state index in [0.29, 0.717) is 0 Å². The number of amides is 1. The van der Waals surface area contributed by atoms with E-state index in [9.17, 15) is 4.79 Å². The maximum absolute atomic E-state index is 12.2. The molecule has 3 rings (SSSR count). The van der Waals surface area contributed by atoms with Gasteiger partial charge in [0.1, 0.15) is 0 Å². The van der Waals surface area contributed by atoms with Gasteiger partial charge in [-0.2, -0.15) is 5.10 Å². The summed E-state index contributed by atoms with van der Waals surface area (Å²) < 4.78 is 1.87. The summed E-state index contributed by atoms with van der Waals surface area (Å²) in [5, 5.41) is 7.35. The molecule has 0 unspecified atom stereocenters. The Labute approximate surface area is 131 Å². The second-order valence-corrected chi connectivity index (χ2v) is 6.24. The van der Waals surface area contributed by atoms with Crippen molar-refractivity contribution in [2.45, 2.75) is 45.6 Å². The van der Waals surface area contributed by atoms with Gasteiger partial charge in [-0.3, -0.25) is 9.48 Å². The summed E-state index contributed by atoms with van der Waals surface area (Å²) in [5.41, 5.74) is 3.26. The predicted molar refractivity (Wildman–Crippen MR) is 87.7 cm³/mol. The first kappa shape index (κ1) is 14.8. The average Bonchev–Trinajstić information content (AvgIpc) is 2.95. The van der Waals surface area contributed by atoms with Crippen molar-refractivity contribution in [3.63, 3.8) is 0 Å². The fourth-order valence-corrected chi connectivity index (χ4v) is 3.12. The van der Waals surface area contributed by atoms with E-state index in [-0.39, 0.29) is 11.8 Å². The van der Waals surface area contributed by atoms with Gasteiger partial charge in [-0.15, -0.1) is 0 Å². The van der Waals surface area contributed by atoms with Crippen LogP contribution in [0.25, 0.3) is 0 Å². The van der Waals surface area contributed by atoms with E-state index in [1.165, 1.54) is 30.4 Å². The molecule has 0 radical (unpaired) electrons. The summed E-state index contributed by atoms with van der Waals surface area (Å²) in [6, 6.07) is 8.39. The lowest BCUT2D eigenvalue weighted by Gasteiger charge is -2.20. The van der Waals surface area contributed by atoms with Gasteiger partial charge in [0, 0.05) is 12.1 Å². The lowest BCUT2D eigenvalue weighted by atomic mass is 9.89. The van der Waals surface area contributed by atoms with Crippen LogP contribution in [0.3, 0.4) is 0 Å². The third-order valence-electron chi connectivity index (χ3n) is 4.30.